The van der Waals surface area contributed by atoms with E-state index in [-0.39, 0.29) is 22.4 Å². The highest BCUT2D eigenvalue weighted by Gasteiger charge is 2.46. The topological polar surface area (TPSA) is 74.6 Å². The van der Waals surface area contributed by atoms with Gasteiger partial charge in [0.15, 0.2) is 11.6 Å². The van der Waals surface area contributed by atoms with Gasteiger partial charge in [0, 0.05) is 16.5 Å². The van der Waals surface area contributed by atoms with Crippen LogP contribution < -0.4 is 0 Å². The summed E-state index contributed by atoms with van der Waals surface area (Å²) in [5.41, 5.74) is 1.01. The first-order valence-electron chi connectivity index (χ1n) is 10.4. The molecule has 1 aliphatic carbocycles. The molecule has 0 saturated heterocycles. The van der Waals surface area contributed by atoms with E-state index in [4.69, 9.17) is 0 Å². The molecule has 0 fully saturated rings. The van der Waals surface area contributed by atoms with Gasteiger partial charge in [-0.15, -0.1) is 0 Å². The van der Waals surface area contributed by atoms with Gasteiger partial charge < -0.3 is 10.2 Å². The highest BCUT2D eigenvalue weighted by atomic mass is 16.3. The normalized spacial score (nSPS) is 20.7. The molecule has 160 valence electrons. The zero-order valence-electron chi connectivity index (χ0n) is 19.0. The molecule has 1 atom stereocenters. The molecule has 3 rings (SSSR count). The molecule has 2 N–H and O–H groups in total. The molecule has 0 amide bonds. The van der Waals surface area contributed by atoms with Gasteiger partial charge >= 0.3 is 0 Å². The molecular formula is C26H32O4. The van der Waals surface area contributed by atoms with Crippen molar-refractivity contribution in [2.24, 2.45) is 0 Å². The van der Waals surface area contributed by atoms with Crippen molar-refractivity contribution in [1.29, 1.82) is 0 Å². The minimum absolute atomic E-state index is 0.0814. The number of rotatable bonds is 5. The van der Waals surface area contributed by atoms with Crippen molar-refractivity contribution in [2.75, 3.05) is 0 Å². The second-order valence-corrected chi connectivity index (χ2v) is 10.5. The fraction of sp³-hybridized carbons (Fsp3) is 0.462. The maximum absolute atomic E-state index is 12.7. The predicted molar refractivity (Wildman–Crippen MR) is 118 cm³/mol. The van der Waals surface area contributed by atoms with E-state index in [2.05, 4.69) is 20.8 Å². The van der Waals surface area contributed by atoms with E-state index in [0.29, 0.717) is 11.1 Å². The van der Waals surface area contributed by atoms with Gasteiger partial charge in [-0.25, -0.2) is 0 Å². The van der Waals surface area contributed by atoms with Crippen LogP contribution in [0.2, 0.25) is 0 Å². The number of benzene rings is 2. The molecule has 4 heteroatoms. The second-order valence-electron chi connectivity index (χ2n) is 10.5. The molecule has 0 spiro atoms. The number of fused-ring (bicyclic) bond motifs is 1. The summed E-state index contributed by atoms with van der Waals surface area (Å²) in [7, 11) is 0. The minimum Gasteiger partial charge on any atom is -0.382 e. The summed E-state index contributed by atoms with van der Waals surface area (Å²) in [5.74, 6) is -0.618. The number of carbonyl (C=O) groups is 2. The van der Waals surface area contributed by atoms with Crippen molar-refractivity contribution in [2.45, 2.75) is 76.9 Å². The Morgan fingerprint density at radius 1 is 0.767 bits per heavy atom. The van der Waals surface area contributed by atoms with Crippen LogP contribution >= 0.6 is 0 Å². The van der Waals surface area contributed by atoms with E-state index < -0.39 is 11.2 Å². The molecule has 2 aromatic carbocycles. The van der Waals surface area contributed by atoms with Gasteiger partial charge in [0.25, 0.3) is 0 Å². The smallest absolute Gasteiger partial charge is 0.193 e. The Bertz CT molecular complexity index is 1000. The van der Waals surface area contributed by atoms with E-state index in [1.54, 1.807) is 18.2 Å². The van der Waals surface area contributed by atoms with Gasteiger partial charge in [-0.1, -0.05) is 57.2 Å². The molecular weight excluding hydrogens is 376 g/mol. The predicted octanol–water partition coefficient (Wildman–Crippen LogP) is 4.58. The average Bonchev–Trinajstić information content (AvgIpc) is 2.85. The molecule has 2 aromatic rings. The SMILES string of the molecule is CC(C)(O)C(=O)c1ccc(C2(C)CC(C)(C)c3ccc(C(=O)C(C)(C)O)cc32)cc1. The Kier molecular flexibility index (Phi) is 5.12. The first kappa shape index (κ1) is 22.4. The van der Waals surface area contributed by atoms with Crippen LogP contribution in [0.3, 0.4) is 0 Å². The van der Waals surface area contributed by atoms with Crippen LogP contribution in [0.5, 0.6) is 0 Å². The van der Waals surface area contributed by atoms with Gasteiger partial charge in [0.05, 0.1) is 0 Å². The van der Waals surface area contributed by atoms with Crippen molar-refractivity contribution in [3.8, 4) is 0 Å². The van der Waals surface area contributed by atoms with Crippen molar-refractivity contribution >= 4 is 11.6 Å². The highest BCUT2D eigenvalue weighted by molar-refractivity contribution is 6.02. The van der Waals surface area contributed by atoms with E-state index in [9.17, 15) is 19.8 Å². The maximum Gasteiger partial charge on any atom is 0.193 e. The Hall–Kier alpha value is -2.30. The lowest BCUT2D eigenvalue weighted by Crippen LogP contribution is -2.31. The lowest BCUT2D eigenvalue weighted by molar-refractivity contribution is 0.0487. The lowest BCUT2D eigenvalue weighted by Gasteiger charge is -2.29. The zero-order chi connectivity index (χ0) is 22.7. The number of hydrogen-bond donors (Lipinski definition) is 2. The summed E-state index contributed by atoms with van der Waals surface area (Å²) in [6, 6.07) is 13.1. The van der Waals surface area contributed by atoms with Crippen molar-refractivity contribution in [3.63, 3.8) is 0 Å². The molecule has 0 heterocycles. The molecule has 1 aliphatic rings. The van der Waals surface area contributed by atoms with E-state index in [1.807, 2.05) is 24.3 Å². The van der Waals surface area contributed by atoms with Crippen LogP contribution in [-0.2, 0) is 10.8 Å². The van der Waals surface area contributed by atoms with Crippen LogP contribution in [0.4, 0.5) is 0 Å². The van der Waals surface area contributed by atoms with E-state index in [1.165, 1.54) is 33.3 Å². The molecule has 0 bridgehead atoms. The Balaban J connectivity index is 2.09. The minimum atomic E-state index is -1.43. The van der Waals surface area contributed by atoms with Crippen molar-refractivity contribution in [3.05, 3.63) is 70.3 Å². The summed E-state index contributed by atoms with van der Waals surface area (Å²) in [6.07, 6.45) is 0.855. The van der Waals surface area contributed by atoms with Gasteiger partial charge in [0.2, 0.25) is 0 Å². The average molecular weight is 409 g/mol. The van der Waals surface area contributed by atoms with Crippen LogP contribution in [0.25, 0.3) is 0 Å². The Morgan fingerprint density at radius 3 is 1.73 bits per heavy atom. The standard InChI is InChI=1S/C26H32O4/c1-23(2)15-26(7,18-11-8-16(9-12-18)21(27)24(3,4)29)20-14-17(10-13-19(20)23)22(28)25(5,6)30/h8-14,29-30H,15H2,1-7H3. The summed E-state index contributed by atoms with van der Waals surface area (Å²) >= 11 is 0. The summed E-state index contributed by atoms with van der Waals surface area (Å²) in [5, 5.41) is 20.2. The summed E-state index contributed by atoms with van der Waals surface area (Å²) in [6.45, 7) is 12.5. The molecule has 30 heavy (non-hydrogen) atoms. The van der Waals surface area contributed by atoms with Crippen LogP contribution in [0.15, 0.2) is 42.5 Å². The van der Waals surface area contributed by atoms with Gasteiger partial charge in [0.1, 0.15) is 11.2 Å². The first-order valence-corrected chi connectivity index (χ1v) is 10.4. The fourth-order valence-corrected chi connectivity index (χ4v) is 4.76. The monoisotopic (exact) mass is 408 g/mol. The number of hydrogen-bond acceptors (Lipinski definition) is 4. The van der Waals surface area contributed by atoms with Gasteiger partial charge in [-0.05, 0) is 62.3 Å². The number of carbonyl (C=O) groups excluding carboxylic acids is 2. The highest BCUT2D eigenvalue weighted by Crippen LogP contribution is 2.53. The Morgan fingerprint density at radius 2 is 1.23 bits per heavy atom. The quantitative estimate of drug-likeness (QED) is 0.710. The third kappa shape index (κ3) is 3.75. The zero-order valence-corrected chi connectivity index (χ0v) is 19.0. The lowest BCUT2D eigenvalue weighted by atomic mass is 9.74. The summed E-state index contributed by atoms with van der Waals surface area (Å²) in [4.78, 5) is 25.1. The number of aliphatic hydroxyl groups is 2. The molecule has 1 unspecified atom stereocenters. The fourth-order valence-electron chi connectivity index (χ4n) is 4.76. The third-order valence-electron chi connectivity index (χ3n) is 6.30. The van der Waals surface area contributed by atoms with Crippen LogP contribution in [-0.4, -0.2) is 33.0 Å². The van der Waals surface area contributed by atoms with E-state index in [0.717, 1.165) is 17.5 Å². The second kappa shape index (κ2) is 6.86. The molecule has 0 aromatic heterocycles. The maximum atomic E-state index is 12.7. The van der Waals surface area contributed by atoms with E-state index >= 15 is 0 Å². The first-order chi connectivity index (χ1) is 13.6. The molecule has 0 radical (unpaired) electrons. The van der Waals surface area contributed by atoms with Gasteiger partial charge in [-0.2, -0.15) is 0 Å². The van der Waals surface area contributed by atoms with Crippen LogP contribution in [0.1, 0.15) is 92.3 Å². The molecule has 0 saturated carbocycles. The Labute approximate surface area is 179 Å². The summed E-state index contributed by atoms with van der Waals surface area (Å²) < 4.78 is 0. The third-order valence-corrected chi connectivity index (χ3v) is 6.30. The molecule has 4 nitrogen and oxygen atoms in total. The molecule has 0 aliphatic heterocycles. The van der Waals surface area contributed by atoms with Crippen LogP contribution in [0, 0.1) is 0 Å². The number of Topliss-reactive ketones (excluding diaryl/α,β-unsaturated/α-hetero) is 2. The van der Waals surface area contributed by atoms with Crippen molar-refractivity contribution in [1.82, 2.24) is 0 Å². The van der Waals surface area contributed by atoms with Gasteiger partial charge in [-0.3, -0.25) is 9.59 Å². The number of ketones is 2. The van der Waals surface area contributed by atoms with Crippen molar-refractivity contribution < 1.29 is 19.8 Å². The largest absolute Gasteiger partial charge is 0.382 e.